The zero-order valence-corrected chi connectivity index (χ0v) is 15.6. The molecule has 0 unspecified atom stereocenters. The van der Waals surface area contributed by atoms with Gasteiger partial charge in [0.05, 0.1) is 12.2 Å². The maximum absolute atomic E-state index is 12.6. The van der Waals surface area contributed by atoms with E-state index in [4.69, 9.17) is 15.9 Å². The van der Waals surface area contributed by atoms with E-state index in [1.54, 1.807) is 12.1 Å². The average Bonchev–Trinajstić information content (AvgIpc) is 3.36. The SMILES string of the molecule is NC(=O)c1nn(Cc2ccccc2)cc1NC(=O)c1coc(-c2ccnc(N)c2)n1. The van der Waals surface area contributed by atoms with Gasteiger partial charge < -0.3 is 21.2 Å². The summed E-state index contributed by atoms with van der Waals surface area (Å²) >= 11 is 0. The van der Waals surface area contributed by atoms with Crippen molar-refractivity contribution < 1.29 is 14.0 Å². The highest BCUT2D eigenvalue weighted by atomic mass is 16.3. The Morgan fingerprint density at radius 1 is 1.17 bits per heavy atom. The van der Waals surface area contributed by atoms with Gasteiger partial charge in [0.15, 0.2) is 11.4 Å². The first kappa shape index (κ1) is 18.9. The minimum atomic E-state index is -0.759. The lowest BCUT2D eigenvalue weighted by Gasteiger charge is -2.01. The summed E-state index contributed by atoms with van der Waals surface area (Å²) < 4.78 is 6.89. The van der Waals surface area contributed by atoms with Gasteiger partial charge >= 0.3 is 0 Å². The summed E-state index contributed by atoms with van der Waals surface area (Å²) in [6, 6.07) is 12.8. The average molecular weight is 403 g/mol. The Hall–Kier alpha value is -4.47. The summed E-state index contributed by atoms with van der Waals surface area (Å²) in [6.07, 6.45) is 4.25. The molecule has 0 radical (unpaired) electrons. The van der Waals surface area contributed by atoms with Gasteiger partial charge in [-0.25, -0.2) is 9.97 Å². The van der Waals surface area contributed by atoms with E-state index in [9.17, 15) is 9.59 Å². The predicted octanol–water partition coefficient (Wildman–Crippen LogP) is 1.91. The molecule has 4 aromatic rings. The van der Waals surface area contributed by atoms with E-state index in [0.717, 1.165) is 5.56 Å². The van der Waals surface area contributed by atoms with Gasteiger partial charge in [0.1, 0.15) is 12.1 Å². The quantitative estimate of drug-likeness (QED) is 0.444. The fourth-order valence-corrected chi connectivity index (χ4v) is 2.82. The number of rotatable bonds is 6. The van der Waals surface area contributed by atoms with Gasteiger partial charge in [-0.05, 0) is 17.7 Å². The number of hydrogen-bond donors (Lipinski definition) is 3. The Balaban J connectivity index is 1.55. The van der Waals surface area contributed by atoms with Crippen LogP contribution < -0.4 is 16.8 Å². The highest BCUT2D eigenvalue weighted by Crippen LogP contribution is 2.21. The number of nitrogens with two attached hydrogens (primary N) is 2. The van der Waals surface area contributed by atoms with Crippen LogP contribution in [0.25, 0.3) is 11.5 Å². The van der Waals surface area contributed by atoms with Gasteiger partial charge in [-0.3, -0.25) is 14.3 Å². The molecule has 3 aromatic heterocycles. The maximum Gasteiger partial charge on any atom is 0.277 e. The van der Waals surface area contributed by atoms with Crippen molar-refractivity contribution in [2.75, 3.05) is 11.1 Å². The van der Waals surface area contributed by atoms with Gasteiger partial charge in [0.2, 0.25) is 5.89 Å². The Morgan fingerprint density at radius 2 is 1.97 bits per heavy atom. The fraction of sp³-hybridized carbons (Fsp3) is 0.0500. The number of nitrogens with zero attached hydrogens (tertiary/aromatic N) is 4. The summed E-state index contributed by atoms with van der Waals surface area (Å²) in [5, 5.41) is 6.78. The Morgan fingerprint density at radius 3 is 2.70 bits per heavy atom. The molecule has 0 atom stereocenters. The van der Waals surface area contributed by atoms with Crippen molar-refractivity contribution in [1.82, 2.24) is 19.7 Å². The zero-order valence-electron chi connectivity index (χ0n) is 15.6. The lowest BCUT2D eigenvalue weighted by atomic mass is 10.2. The fourth-order valence-electron chi connectivity index (χ4n) is 2.82. The number of oxazole rings is 1. The molecule has 2 amide bonds. The summed E-state index contributed by atoms with van der Waals surface area (Å²) in [5.41, 5.74) is 12.8. The molecule has 3 heterocycles. The molecule has 150 valence electrons. The predicted molar refractivity (Wildman–Crippen MR) is 108 cm³/mol. The molecule has 10 heteroatoms. The second-order valence-electron chi connectivity index (χ2n) is 6.40. The minimum Gasteiger partial charge on any atom is -0.444 e. The van der Waals surface area contributed by atoms with Crippen molar-refractivity contribution in [1.29, 1.82) is 0 Å². The monoisotopic (exact) mass is 403 g/mol. The number of anilines is 2. The van der Waals surface area contributed by atoms with Crippen LogP contribution in [0, 0.1) is 0 Å². The molecule has 0 spiro atoms. The molecule has 0 saturated carbocycles. The number of aromatic nitrogens is 4. The number of benzene rings is 1. The van der Waals surface area contributed by atoms with Crippen LogP contribution in [0.15, 0.2) is 65.5 Å². The van der Waals surface area contributed by atoms with Crippen LogP contribution >= 0.6 is 0 Å². The largest absolute Gasteiger partial charge is 0.444 e. The standard InChI is InChI=1S/C20H17N7O3/c21-16-8-13(6-7-23-16)20-25-15(11-30-20)19(29)24-14-10-27(26-17(14)18(22)28)9-12-4-2-1-3-5-12/h1-8,10-11H,9H2,(H2,21,23)(H2,22,28)(H,24,29). The van der Waals surface area contributed by atoms with Crippen molar-refractivity contribution >= 4 is 23.3 Å². The smallest absolute Gasteiger partial charge is 0.277 e. The summed E-state index contributed by atoms with van der Waals surface area (Å²) in [6.45, 7) is 0.411. The maximum atomic E-state index is 12.6. The van der Waals surface area contributed by atoms with Crippen LogP contribution in [0.3, 0.4) is 0 Å². The Labute approximate surface area is 170 Å². The molecule has 0 saturated heterocycles. The molecule has 30 heavy (non-hydrogen) atoms. The van der Waals surface area contributed by atoms with Crippen LogP contribution in [0.1, 0.15) is 26.5 Å². The normalized spacial score (nSPS) is 10.7. The number of carbonyl (C=O) groups excluding carboxylic acids is 2. The molecule has 1 aromatic carbocycles. The molecule has 0 fully saturated rings. The van der Waals surface area contributed by atoms with Crippen LogP contribution in [-0.2, 0) is 6.54 Å². The number of pyridine rings is 1. The number of amides is 2. The second-order valence-corrected chi connectivity index (χ2v) is 6.40. The van der Waals surface area contributed by atoms with Crippen LogP contribution in [0.2, 0.25) is 0 Å². The first-order valence-electron chi connectivity index (χ1n) is 8.89. The summed E-state index contributed by atoms with van der Waals surface area (Å²) in [7, 11) is 0. The van der Waals surface area contributed by atoms with Crippen molar-refractivity contribution in [3.8, 4) is 11.5 Å². The number of hydrogen-bond acceptors (Lipinski definition) is 7. The number of nitrogens with one attached hydrogen (secondary N) is 1. The van der Waals surface area contributed by atoms with Crippen molar-refractivity contribution in [3.05, 3.63) is 78.1 Å². The third kappa shape index (κ3) is 4.02. The highest BCUT2D eigenvalue weighted by molar-refractivity contribution is 6.07. The van der Waals surface area contributed by atoms with E-state index in [1.165, 1.54) is 23.3 Å². The minimum absolute atomic E-state index is 0.0200. The molecular weight excluding hydrogens is 386 g/mol. The van der Waals surface area contributed by atoms with Crippen LogP contribution in [0.4, 0.5) is 11.5 Å². The third-order valence-corrected chi connectivity index (χ3v) is 4.20. The Kier molecular flexibility index (Phi) is 4.95. The van der Waals surface area contributed by atoms with Gasteiger partial charge in [-0.15, -0.1) is 0 Å². The topological polar surface area (TPSA) is 155 Å². The van der Waals surface area contributed by atoms with Gasteiger partial charge in [-0.2, -0.15) is 5.10 Å². The number of carbonyl (C=O) groups is 2. The van der Waals surface area contributed by atoms with Crippen molar-refractivity contribution in [3.63, 3.8) is 0 Å². The lowest BCUT2D eigenvalue weighted by Crippen LogP contribution is -2.18. The van der Waals surface area contributed by atoms with Gasteiger partial charge in [0, 0.05) is 18.0 Å². The second kappa shape index (κ2) is 7.87. The van der Waals surface area contributed by atoms with E-state index in [2.05, 4.69) is 20.4 Å². The highest BCUT2D eigenvalue weighted by Gasteiger charge is 2.20. The molecule has 5 N–H and O–H groups in total. The van der Waals surface area contributed by atoms with Gasteiger partial charge in [-0.1, -0.05) is 30.3 Å². The third-order valence-electron chi connectivity index (χ3n) is 4.20. The first-order valence-corrected chi connectivity index (χ1v) is 8.89. The van der Waals surface area contributed by atoms with Crippen molar-refractivity contribution in [2.24, 2.45) is 5.73 Å². The molecule has 4 rings (SSSR count). The first-order chi connectivity index (χ1) is 14.5. The van der Waals surface area contributed by atoms with E-state index in [0.29, 0.717) is 17.9 Å². The van der Waals surface area contributed by atoms with Crippen LogP contribution in [-0.4, -0.2) is 31.6 Å². The van der Waals surface area contributed by atoms with E-state index in [-0.39, 0.29) is 23.0 Å². The number of nitrogen functional groups attached to an aromatic ring is 1. The molecule has 0 bridgehead atoms. The molecule has 0 aliphatic heterocycles. The molecule has 0 aliphatic carbocycles. The molecule has 10 nitrogen and oxygen atoms in total. The zero-order chi connectivity index (χ0) is 21.1. The van der Waals surface area contributed by atoms with E-state index in [1.807, 2.05) is 30.3 Å². The van der Waals surface area contributed by atoms with Crippen LogP contribution in [0.5, 0.6) is 0 Å². The van der Waals surface area contributed by atoms with E-state index >= 15 is 0 Å². The molecular formula is C20H17N7O3. The van der Waals surface area contributed by atoms with E-state index < -0.39 is 11.8 Å². The lowest BCUT2D eigenvalue weighted by molar-refractivity contribution is 0.0995. The summed E-state index contributed by atoms with van der Waals surface area (Å²) in [5.74, 6) is -0.822. The molecule has 0 aliphatic rings. The summed E-state index contributed by atoms with van der Waals surface area (Å²) in [4.78, 5) is 32.4. The Bertz CT molecular complexity index is 1210. The van der Waals surface area contributed by atoms with Crippen molar-refractivity contribution in [2.45, 2.75) is 6.54 Å². The number of primary amides is 1. The van der Waals surface area contributed by atoms with Gasteiger partial charge in [0.25, 0.3) is 11.8 Å².